The molecule has 1 saturated carbocycles. The number of carbonyl (C=O) groups is 1. The normalized spacial score (nSPS) is 41.1. The molecule has 92 valence electrons. The minimum absolute atomic E-state index is 0.00838. The van der Waals surface area contributed by atoms with E-state index in [9.17, 15) is 4.79 Å². The van der Waals surface area contributed by atoms with Gasteiger partial charge in [-0.25, -0.2) is 4.79 Å². The number of fused-ring (bicyclic) bond motifs is 3. The molecule has 2 nitrogen and oxygen atoms in total. The fourth-order valence-electron chi connectivity index (χ4n) is 4.04. The minimum atomic E-state index is -0.171. The Labute approximate surface area is 103 Å². The zero-order valence-electron chi connectivity index (χ0n) is 10.7. The van der Waals surface area contributed by atoms with Gasteiger partial charge in [0.25, 0.3) is 0 Å². The monoisotopic (exact) mass is 232 g/mol. The molecule has 0 radical (unpaired) electrons. The van der Waals surface area contributed by atoms with Crippen LogP contribution in [-0.4, -0.2) is 12.1 Å². The van der Waals surface area contributed by atoms with Crippen molar-refractivity contribution < 1.29 is 9.53 Å². The van der Waals surface area contributed by atoms with Gasteiger partial charge in [0, 0.05) is 11.5 Å². The molecule has 2 aliphatic carbocycles. The summed E-state index contributed by atoms with van der Waals surface area (Å²) in [5.41, 5.74) is 3.85. The molecule has 17 heavy (non-hydrogen) atoms. The van der Waals surface area contributed by atoms with Gasteiger partial charge >= 0.3 is 5.97 Å². The second-order valence-electron chi connectivity index (χ2n) is 6.10. The predicted octanol–water partition coefficient (Wildman–Crippen LogP) is 3.38. The Hall–Kier alpha value is -1.05. The van der Waals surface area contributed by atoms with Crippen molar-refractivity contribution in [2.75, 3.05) is 0 Å². The summed E-state index contributed by atoms with van der Waals surface area (Å²) in [6.07, 6.45) is 5.93. The molecule has 3 aliphatic rings. The van der Waals surface area contributed by atoms with Crippen molar-refractivity contribution in [2.45, 2.75) is 52.1 Å². The molecule has 0 aromatic rings. The highest BCUT2D eigenvalue weighted by Crippen LogP contribution is 2.55. The van der Waals surface area contributed by atoms with Crippen LogP contribution >= 0.6 is 0 Å². The van der Waals surface area contributed by atoms with Crippen LogP contribution in [0.1, 0.15) is 46.0 Å². The second kappa shape index (κ2) is 3.47. The first kappa shape index (κ1) is 11.1. The quantitative estimate of drug-likeness (QED) is 0.363. The lowest BCUT2D eigenvalue weighted by atomic mass is 9.60. The molecule has 1 heterocycles. The number of allylic oxidation sites excluding steroid dienone is 1. The average Bonchev–Trinajstić information content (AvgIpc) is 2.54. The van der Waals surface area contributed by atoms with Crippen molar-refractivity contribution in [3.05, 3.63) is 23.3 Å². The Morgan fingerprint density at radius 2 is 2.18 bits per heavy atom. The first-order chi connectivity index (χ1) is 8.03. The number of ether oxygens (including phenoxy) is 1. The van der Waals surface area contributed by atoms with Crippen LogP contribution < -0.4 is 0 Å². The van der Waals surface area contributed by atoms with Gasteiger partial charge in [-0.15, -0.1) is 0 Å². The second-order valence-corrected chi connectivity index (χ2v) is 6.10. The minimum Gasteiger partial charge on any atom is -0.454 e. The van der Waals surface area contributed by atoms with Gasteiger partial charge in [0.2, 0.25) is 0 Å². The van der Waals surface area contributed by atoms with Gasteiger partial charge in [0.05, 0.1) is 0 Å². The number of hydrogen-bond acceptors (Lipinski definition) is 2. The zero-order valence-corrected chi connectivity index (χ0v) is 10.7. The molecule has 0 spiro atoms. The van der Waals surface area contributed by atoms with E-state index in [0.29, 0.717) is 5.57 Å². The van der Waals surface area contributed by atoms with Crippen LogP contribution in [0.4, 0.5) is 0 Å². The lowest BCUT2D eigenvalue weighted by Crippen LogP contribution is -2.39. The van der Waals surface area contributed by atoms with Crippen molar-refractivity contribution in [1.82, 2.24) is 0 Å². The summed E-state index contributed by atoms with van der Waals surface area (Å²) >= 11 is 0. The van der Waals surface area contributed by atoms with E-state index < -0.39 is 0 Å². The highest BCUT2D eigenvalue weighted by molar-refractivity contribution is 5.91. The largest absolute Gasteiger partial charge is 0.454 e. The Kier molecular flexibility index (Phi) is 2.26. The van der Waals surface area contributed by atoms with Crippen molar-refractivity contribution in [1.29, 1.82) is 0 Å². The van der Waals surface area contributed by atoms with Crippen LogP contribution in [0.25, 0.3) is 0 Å². The van der Waals surface area contributed by atoms with Crippen LogP contribution in [0.2, 0.25) is 0 Å². The van der Waals surface area contributed by atoms with E-state index in [4.69, 9.17) is 4.74 Å². The summed E-state index contributed by atoms with van der Waals surface area (Å²) in [7, 11) is 0. The van der Waals surface area contributed by atoms with Crippen molar-refractivity contribution in [2.24, 2.45) is 11.3 Å². The van der Waals surface area contributed by atoms with Gasteiger partial charge in [-0.1, -0.05) is 19.1 Å². The molecule has 0 N–H and O–H groups in total. The predicted molar refractivity (Wildman–Crippen MR) is 66.4 cm³/mol. The molecular weight excluding hydrogens is 212 g/mol. The fourth-order valence-corrected chi connectivity index (χ4v) is 4.04. The van der Waals surface area contributed by atoms with E-state index in [1.807, 2.05) is 0 Å². The molecule has 2 fully saturated rings. The van der Waals surface area contributed by atoms with Gasteiger partial charge < -0.3 is 4.74 Å². The maximum absolute atomic E-state index is 11.7. The summed E-state index contributed by atoms with van der Waals surface area (Å²) in [5.74, 6) is 0.0775. The van der Waals surface area contributed by atoms with Crippen molar-refractivity contribution >= 4 is 5.97 Å². The molecule has 3 atom stereocenters. The Morgan fingerprint density at radius 1 is 1.41 bits per heavy atom. The highest BCUT2D eigenvalue weighted by atomic mass is 16.6. The van der Waals surface area contributed by atoms with E-state index in [1.165, 1.54) is 30.4 Å². The third-order valence-electron chi connectivity index (χ3n) is 4.99. The molecule has 3 rings (SSSR count). The van der Waals surface area contributed by atoms with E-state index in [2.05, 4.69) is 20.4 Å². The molecular formula is C15H20O2. The van der Waals surface area contributed by atoms with E-state index >= 15 is 0 Å². The first-order valence-corrected chi connectivity index (χ1v) is 6.63. The third kappa shape index (κ3) is 1.42. The van der Waals surface area contributed by atoms with Crippen LogP contribution in [0.3, 0.4) is 0 Å². The lowest BCUT2D eigenvalue weighted by Gasteiger charge is -2.45. The number of carbonyl (C=O) groups excluding carboxylic acids is 1. The third-order valence-corrected chi connectivity index (χ3v) is 4.99. The summed E-state index contributed by atoms with van der Waals surface area (Å²) in [4.78, 5) is 11.7. The van der Waals surface area contributed by atoms with Crippen LogP contribution in [0.5, 0.6) is 0 Å². The molecule has 0 aromatic carbocycles. The fraction of sp³-hybridized carbons (Fsp3) is 0.667. The zero-order chi connectivity index (χ0) is 12.2. The van der Waals surface area contributed by atoms with Gasteiger partial charge in [-0.05, 0) is 50.0 Å². The number of esters is 1. The highest BCUT2D eigenvalue weighted by Gasteiger charge is 2.51. The molecule has 0 bridgehead atoms. The van der Waals surface area contributed by atoms with Crippen LogP contribution in [0.15, 0.2) is 23.3 Å². The van der Waals surface area contributed by atoms with Gasteiger partial charge in [-0.3, -0.25) is 0 Å². The van der Waals surface area contributed by atoms with Crippen molar-refractivity contribution in [3.8, 4) is 0 Å². The SMILES string of the molecule is C=C1C(=O)OC2C3=C(C)CCC[C@]3(C)CCC12. The smallest absolute Gasteiger partial charge is 0.334 e. The van der Waals surface area contributed by atoms with Gasteiger partial charge in [0.1, 0.15) is 6.10 Å². The lowest BCUT2D eigenvalue weighted by molar-refractivity contribution is -0.138. The van der Waals surface area contributed by atoms with Crippen LogP contribution in [-0.2, 0) is 9.53 Å². The maximum atomic E-state index is 11.7. The Balaban J connectivity index is 2.06. The molecule has 2 heteroatoms. The number of hydrogen-bond donors (Lipinski definition) is 0. The van der Waals surface area contributed by atoms with E-state index in [-0.39, 0.29) is 23.4 Å². The summed E-state index contributed by atoms with van der Waals surface area (Å²) in [6, 6.07) is 0. The van der Waals surface area contributed by atoms with Gasteiger partial charge in [0.15, 0.2) is 0 Å². The molecule has 1 aliphatic heterocycles. The van der Waals surface area contributed by atoms with E-state index in [0.717, 1.165) is 12.8 Å². The molecule has 0 aromatic heterocycles. The molecule has 2 unspecified atom stereocenters. The van der Waals surface area contributed by atoms with Crippen molar-refractivity contribution in [3.63, 3.8) is 0 Å². The first-order valence-electron chi connectivity index (χ1n) is 6.63. The molecule has 0 amide bonds. The summed E-state index contributed by atoms with van der Waals surface area (Å²) < 4.78 is 5.59. The molecule has 1 saturated heterocycles. The summed E-state index contributed by atoms with van der Waals surface area (Å²) in [5, 5.41) is 0. The number of rotatable bonds is 0. The van der Waals surface area contributed by atoms with E-state index in [1.54, 1.807) is 0 Å². The average molecular weight is 232 g/mol. The Bertz CT molecular complexity index is 432. The maximum Gasteiger partial charge on any atom is 0.334 e. The Morgan fingerprint density at radius 3 is 2.94 bits per heavy atom. The standard InChI is InChI=1S/C15H20O2/c1-9-5-4-7-15(3)8-6-11-10(2)14(16)17-13(11)12(9)15/h11,13H,2,4-8H2,1,3H3/t11?,13?,15-/m1/s1. The van der Waals surface area contributed by atoms with Gasteiger partial charge in [-0.2, -0.15) is 0 Å². The summed E-state index contributed by atoms with van der Waals surface area (Å²) in [6.45, 7) is 8.46. The topological polar surface area (TPSA) is 26.3 Å². The van der Waals surface area contributed by atoms with Crippen LogP contribution in [0, 0.1) is 11.3 Å².